The number of rotatable bonds is 1. The summed E-state index contributed by atoms with van der Waals surface area (Å²) in [6.45, 7) is 2.26. The lowest BCUT2D eigenvalue weighted by Gasteiger charge is -2.07. The van der Waals surface area contributed by atoms with Crippen LogP contribution in [0, 0.1) is 0 Å². The fourth-order valence-corrected chi connectivity index (χ4v) is 2.15. The van der Waals surface area contributed by atoms with Gasteiger partial charge in [-0.05, 0) is 30.5 Å². The van der Waals surface area contributed by atoms with Gasteiger partial charge in [0.2, 0.25) is 0 Å². The number of hydrogen-bond donors (Lipinski definition) is 2. The zero-order valence-electron chi connectivity index (χ0n) is 8.36. The van der Waals surface area contributed by atoms with Gasteiger partial charge in [-0.25, -0.2) is 0 Å². The largest absolute Gasteiger partial charge is 0.316 e. The molecule has 0 radical (unpaired) electrons. The first-order valence-corrected chi connectivity index (χ1v) is 5.07. The lowest BCUT2D eigenvalue weighted by molar-refractivity contribution is 0.764. The van der Waals surface area contributed by atoms with Crippen LogP contribution < -0.4 is 5.32 Å². The van der Waals surface area contributed by atoms with Crippen LogP contribution in [0.2, 0.25) is 0 Å². The second-order valence-corrected chi connectivity index (χ2v) is 3.91. The van der Waals surface area contributed by atoms with Crippen molar-refractivity contribution in [3.63, 3.8) is 0 Å². The minimum Gasteiger partial charge on any atom is -0.316 e. The van der Waals surface area contributed by atoms with Crippen molar-refractivity contribution in [3.05, 3.63) is 30.0 Å². The van der Waals surface area contributed by atoms with Gasteiger partial charge in [-0.15, -0.1) is 12.4 Å². The molecule has 4 heteroatoms. The summed E-state index contributed by atoms with van der Waals surface area (Å²) in [7, 11) is 0. The molecule has 0 spiro atoms. The number of fused-ring (bicyclic) bond motifs is 1. The maximum absolute atomic E-state index is 4.03. The average Bonchev–Trinajstić information content (AvgIpc) is 2.88. The molecule has 15 heavy (non-hydrogen) atoms. The Bertz CT molecular complexity index is 446. The summed E-state index contributed by atoms with van der Waals surface area (Å²) in [5, 5.41) is 11.6. The summed E-state index contributed by atoms with van der Waals surface area (Å²) in [5.74, 6) is 0.683. The van der Waals surface area contributed by atoms with Gasteiger partial charge in [-0.1, -0.05) is 12.1 Å². The van der Waals surface area contributed by atoms with E-state index in [9.17, 15) is 0 Å². The van der Waals surface area contributed by atoms with E-state index in [4.69, 9.17) is 0 Å². The Hall–Kier alpha value is -1.06. The Kier molecular flexibility index (Phi) is 2.93. The van der Waals surface area contributed by atoms with Gasteiger partial charge < -0.3 is 5.32 Å². The summed E-state index contributed by atoms with van der Waals surface area (Å²) in [4.78, 5) is 0. The number of H-pyrrole nitrogens is 1. The molecule has 80 valence electrons. The number of halogens is 1. The van der Waals surface area contributed by atoms with Gasteiger partial charge in [0, 0.05) is 11.9 Å². The first-order chi connectivity index (χ1) is 6.93. The van der Waals surface area contributed by atoms with Crippen LogP contribution in [0.5, 0.6) is 0 Å². The van der Waals surface area contributed by atoms with Crippen molar-refractivity contribution in [1.29, 1.82) is 0 Å². The summed E-state index contributed by atoms with van der Waals surface area (Å²) < 4.78 is 0. The van der Waals surface area contributed by atoms with E-state index < -0.39 is 0 Å². The molecule has 0 amide bonds. The molecule has 1 aromatic heterocycles. The van der Waals surface area contributed by atoms with E-state index in [-0.39, 0.29) is 12.4 Å². The number of aromatic amines is 1. The first-order valence-electron chi connectivity index (χ1n) is 5.07. The molecule has 2 aromatic rings. The number of hydrogen-bond acceptors (Lipinski definition) is 2. The smallest absolute Gasteiger partial charge is 0.0653 e. The van der Waals surface area contributed by atoms with E-state index in [1.54, 1.807) is 0 Å². The summed E-state index contributed by atoms with van der Waals surface area (Å²) in [6.07, 6.45) is 3.12. The van der Waals surface area contributed by atoms with Gasteiger partial charge in [0.1, 0.15) is 0 Å². The molecule has 1 saturated heterocycles. The van der Waals surface area contributed by atoms with Gasteiger partial charge in [0.15, 0.2) is 0 Å². The number of nitrogens with one attached hydrogen (secondary N) is 2. The maximum Gasteiger partial charge on any atom is 0.0653 e. The predicted molar refractivity (Wildman–Crippen MR) is 63.6 cm³/mol. The molecular formula is C11H14ClN3. The van der Waals surface area contributed by atoms with Gasteiger partial charge >= 0.3 is 0 Å². The number of aromatic nitrogens is 2. The van der Waals surface area contributed by atoms with E-state index in [1.165, 1.54) is 17.4 Å². The molecule has 0 saturated carbocycles. The maximum atomic E-state index is 4.03. The van der Waals surface area contributed by atoms with Gasteiger partial charge in [-0.3, -0.25) is 5.10 Å². The average molecular weight is 224 g/mol. The van der Waals surface area contributed by atoms with Crippen LogP contribution in [0.1, 0.15) is 17.9 Å². The van der Waals surface area contributed by atoms with Crippen LogP contribution in [0.3, 0.4) is 0 Å². The molecule has 1 atom stereocenters. The second kappa shape index (κ2) is 4.21. The Balaban J connectivity index is 0.000000853. The zero-order valence-corrected chi connectivity index (χ0v) is 9.18. The quantitative estimate of drug-likeness (QED) is 0.777. The fraction of sp³-hybridized carbons (Fsp3) is 0.364. The van der Waals surface area contributed by atoms with Crippen LogP contribution in [0.25, 0.3) is 10.9 Å². The molecule has 3 nitrogen and oxygen atoms in total. The van der Waals surface area contributed by atoms with E-state index in [1.807, 2.05) is 6.20 Å². The molecule has 2 N–H and O–H groups in total. The topological polar surface area (TPSA) is 40.7 Å². The van der Waals surface area contributed by atoms with Gasteiger partial charge in [0.05, 0.1) is 11.7 Å². The molecule has 2 heterocycles. The molecule has 1 aromatic carbocycles. The molecule has 0 bridgehead atoms. The van der Waals surface area contributed by atoms with Crippen molar-refractivity contribution in [2.24, 2.45) is 0 Å². The normalized spacial score (nSPS) is 20.4. The Morgan fingerprint density at radius 2 is 2.27 bits per heavy atom. The predicted octanol–water partition coefficient (Wildman–Crippen LogP) is 2.06. The van der Waals surface area contributed by atoms with Crippen LogP contribution in [-0.2, 0) is 0 Å². The molecule has 0 aliphatic carbocycles. The second-order valence-electron chi connectivity index (χ2n) is 3.91. The molecule has 1 aliphatic rings. The van der Waals surface area contributed by atoms with E-state index >= 15 is 0 Å². The van der Waals surface area contributed by atoms with Crippen molar-refractivity contribution < 1.29 is 0 Å². The third-order valence-electron chi connectivity index (χ3n) is 3.00. The Morgan fingerprint density at radius 3 is 3.07 bits per heavy atom. The lowest BCUT2D eigenvalue weighted by Crippen LogP contribution is -2.07. The monoisotopic (exact) mass is 223 g/mol. The number of benzene rings is 1. The highest BCUT2D eigenvalue weighted by molar-refractivity contribution is 5.85. The summed E-state index contributed by atoms with van der Waals surface area (Å²) in [6, 6.07) is 6.59. The summed E-state index contributed by atoms with van der Waals surface area (Å²) >= 11 is 0. The van der Waals surface area contributed by atoms with Crippen LogP contribution in [-0.4, -0.2) is 23.3 Å². The highest BCUT2D eigenvalue weighted by Gasteiger charge is 2.16. The van der Waals surface area contributed by atoms with E-state index in [0.29, 0.717) is 5.92 Å². The minimum atomic E-state index is 0. The van der Waals surface area contributed by atoms with Crippen LogP contribution in [0.15, 0.2) is 24.4 Å². The summed E-state index contributed by atoms with van der Waals surface area (Å²) in [5.41, 5.74) is 2.57. The van der Waals surface area contributed by atoms with Crippen molar-refractivity contribution in [3.8, 4) is 0 Å². The fourth-order valence-electron chi connectivity index (χ4n) is 2.15. The molecule has 3 rings (SSSR count). The van der Waals surface area contributed by atoms with Crippen LogP contribution >= 0.6 is 12.4 Å². The van der Waals surface area contributed by atoms with Crippen molar-refractivity contribution in [2.75, 3.05) is 13.1 Å². The van der Waals surface area contributed by atoms with Gasteiger partial charge in [0.25, 0.3) is 0 Å². The minimum absolute atomic E-state index is 0. The Morgan fingerprint density at radius 1 is 1.33 bits per heavy atom. The van der Waals surface area contributed by atoms with E-state index in [2.05, 4.69) is 33.7 Å². The molecular weight excluding hydrogens is 210 g/mol. The number of nitrogens with zero attached hydrogens (tertiary/aromatic N) is 1. The van der Waals surface area contributed by atoms with Crippen molar-refractivity contribution >= 4 is 23.3 Å². The standard InChI is InChI=1S/C11H13N3.ClH/c1-2-10-7-13-14-11(10)5-8(1)9-3-4-12-6-9;/h1-2,5,7,9,12H,3-4,6H2,(H,13,14);1H. The molecule has 1 unspecified atom stereocenters. The molecule has 1 aliphatic heterocycles. The Labute approximate surface area is 94.7 Å². The van der Waals surface area contributed by atoms with E-state index in [0.717, 1.165) is 18.6 Å². The first kappa shape index (κ1) is 10.5. The SMILES string of the molecule is Cl.c1cc2cn[nH]c2cc1C1CCNC1. The lowest BCUT2D eigenvalue weighted by atomic mass is 9.98. The van der Waals surface area contributed by atoms with Crippen molar-refractivity contribution in [2.45, 2.75) is 12.3 Å². The van der Waals surface area contributed by atoms with Crippen molar-refractivity contribution in [1.82, 2.24) is 15.5 Å². The highest BCUT2D eigenvalue weighted by Crippen LogP contribution is 2.24. The third kappa shape index (κ3) is 1.85. The molecule has 1 fully saturated rings. The zero-order chi connectivity index (χ0) is 9.38. The highest BCUT2D eigenvalue weighted by atomic mass is 35.5. The van der Waals surface area contributed by atoms with Crippen LogP contribution in [0.4, 0.5) is 0 Å². The third-order valence-corrected chi connectivity index (χ3v) is 3.00. The van der Waals surface area contributed by atoms with Gasteiger partial charge in [-0.2, -0.15) is 5.10 Å².